The van der Waals surface area contributed by atoms with Gasteiger partial charge in [-0.05, 0) is 41.3 Å². The summed E-state index contributed by atoms with van der Waals surface area (Å²) in [5, 5.41) is 2.87. The molecular weight excluding hydrogens is 274 g/mol. The minimum Gasteiger partial charge on any atom is -0.457 e. The molecule has 5 heteroatoms. The number of carbonyl (C=O) groups is 1. The summed E-state index contributed by atoms with van der Waals surface area (Å²) < 4.78 is 10.9. The minimum atomic E-state index is -0.147. The van der Waals surface area contributed by atoms with Gasteiger partial charge in [-0.25, -0.2) is 0 Å². The molecule has 0 spiro atoms. The topological polar surface area (TPSA) is 51.5 Å². The van der Waals surface area contributed by atoms with E-state index in [1.54, 1.807) is 13.2 Å². The summed E-state index contributed by atoms with van der Waals surface area (Å²) in [4.78, 5) is 11.8. The van der Waals surface area contributed by atoms with E-state index in [0.29, 0.717) is 16.8 Å². The molecule has 0 unspecified atom stereocenters. The van der Waals surface area contributed by atoms with Gasteiger partial charge in [0.05, 0.1) is 17.4 Å². The largest absolute Gasteiger partial charge is 0.457 e. The van der Waals surface area contributed by atoms with Crippen molar-refractivity contribution < 1.29 is 13.9 Å². The SMILES string of the molecule is COC1(CNC(=O)c2ccoc2Br)CCC1. The summed E-state index contributed by atoms with van der Waals surface area (Å²) in [5.74, 6) is -0.135. The van der Waals surface area contributed by atoms with Crippen LogP contribution in [-0.2, 0) is 4.74 Å². The molecular formula is C11H14BrNO3. The van der Waals surface area contributed by atoms with Crippen molar-refractivity contribution in [2.75, 3.05) is 13.7 Å². The maximum absolute atomic E-state index is 11.8. The lowest BCUT2D eigenvalue weighted by atomic mass is 9.80. The highest BCUT2D eigenvalue weighted by molar-refractivity contribution is 9.10. The normalized spacial score (nSPS) is 17.9. The van der Waals surface area contributed by atoms with Gasteiger partial charge in [0.25, 0.3) is 5.91 Å². The highest BCUT2D eigenvalue weighted by Gasteiger charge is 2.37. The predicted octanol–water partition coefficient (Wildman–Crippen LogP) is 2.34. The molecule has 0 bridgehead atoms. The van der Waals surface area contributed by atoms with E-state index in [4.69, 9.17) is 9.15 Å². The lowest BCUT2D eigenvalue weighted by Crippen LogP contribution is -2.49. The van der Waals surface area contributed by atoms with Crippen LogP contribution in [0.5, 0.6) is 0 Å². The average Bonchev–Trinajstić information content (AvgIpc) is 2.63. The van der Waals surface area contributed by atoms with Crippen LogP contribution in [0.3, 0.4) is 0 Å². The molecule has 0 radical (unpaired) electrons. The molecule has 0 aromatic carbocycles. The van der Waals surface area contributed by atoms with E-state index < -0.39 is 0 Å². The van der Waals surface area contributed by atoms with Crippen molar-refractivity contribution in [2.24, 2.45) is 0 Å². The summed E-state index contributed by atoms with van der Waals surface area (Å²) in [6.45, 7) is 0.556. The third-order valence-electron chi connectivity index (χ3n) is 3.13. The zero-order valence-corrected chi connectivity index (χ0v) is 10.7. The number of furan rings is 1. The van der Waals surface area contributed by atoms with Crippen molar-refractivity contribution in [3.8, 4) is 0 Å². The summed E-state index contributed by atoms with van der Waals surface area (Å²) in [7, 11) is 1.69. The molecule has 1 fully saturated rings. The van der Waals surface area contributed by atoms with E-state index >= 15 is 0 Å². The first-order valence-corrected chi connectivity index (χ1v) is 6.02. The van der Waals surface area contributed by atoms with Crippen LogP contribution in [0.15, 0.2) is 21.4 Å². The molecule has 1 aliphatic carbocycles. The van der Waals surface area contributed by atoms with Crippen molar-refractivity contribution in [2.45, 2.75) is 24.9 Å². The van der Waals surface area contributed by atoms with Crippen molar-refractivity contribution in [1.29, 1.82) is 0 Å². The fourth-order valence-corrected chi connectivity index (χ4v) is 2.24. The molecule has 1 aromatic heterocycles. The fourth-order valence-electron chi connectivity index (χ4n) is 1.82. The predicted molar refractivity (Wildman–Crippen MR) is 62.3 cm³/mol. The molecule has 88 valence electrons. The van der Waals surface area contributed by atoms with Crippen molar-refractivity contribution >= 4 is 21.8 Å². The van der Waals surface area contributed by atoms with Crippen LogP contribution in [0.4, 0.5) is 0 Å². The molecule has 1 N–H and O–H groups in total. The summed E-state index contributed by atoms with van der Waals surface area (Å²) in [6.07, 6.45) is 4.67. The summed E-state index contributed by atoms with van der Waals surface area (Å²) in [6, 6.07) is 1.64. The van der Waals surface area contributed by atoms with Crippen LogP contribution in [0, 0.1) is 0 Å². The van der Waals surface area contributed by atoms with Gasteiger partial charge in [0.1, 0.15) is 0 Å². The number of methoxy groups -OCH3 is 1. The van der Waals surface area contributed by atoms with Crippen LogP contribution < -0.4 is 5.32 Å². The Bertz CT molecular complexity index is 379. The van der Waals surface area contributed by atoms with Gasteiger partial charge in [-0.2, -0.15) is 0 Å². The second-order valence-electron chi connectivity index (χ2n) is 4.03. The highest BCUT2D eigenvalue weighted by atomic mass is 79.9. The molecule has 0 aliphatic heterocycles. The van der Waals surface area contributed by atoms with Gasteiger partial charge >= 0.3 is 0 Å². The van der Waals surface area contributed by atoms with E-state index in [2.05, 4.69) is 21.2 Å². The van der Waals surface area contributed by atoms with Crippen LogP contribution >= 0.6 is 15.9 Å². The first-order chi connectivity index (χ1) is 7.67. The number of hydrogen-bond acceptors (Lipinski definition) is 3. The number of ether oxygens (including phenoxy) is 1. The monoisotopic (exact) mass is 287 g/mol. The van der Waals surface area contributed by atoms with Gasteiger partial charge < -0.3 is 14.5 Å². The van der Waals surface area contributed by atoms with E-state index in [1.165, 1.54) is 12.7 Å². The smallest absolute Gasteiger partial charge is 0.255 e. The lowest BCUT2D eigenvalue weighted by molar-refractivity contribution is -0.0679. The van der Waals surface area contributed by atoms with Crippen LogP contribution in [0.25, 0.3) is 0 Å². The summed E-state index contributed by atoms with van der Waals surface area (Å²) >= 11 is 3.18. The Balaban J connectivity index is 1.91. The summed E-state index contributed by atoms with van der Waals surface area (Å²) in [5.41, 5.74) is 0.372. The van der Waals surface area contributed by atoms with Gasteiger partial charge in [0.2, 0.25) is 0 Å². The molecule has 1 heterocycles. The Kier molecular flexibility index (Phi) is 3.35. The Labute approximate surface area is 102 Å². The molecule has 0 saturated heterocycles. The zero-order chi connectivity index (χ0) is 11.6. The molecule has 4 nitrogen and oxygen atoms in total. The standard InChI is InChI=1S/C11H14BrNO3/c1-15-11(4-2-5-11)7-13-10(14)8-3-6-16-9(8)12/h3,6H,2,4-5,7H2,1H3,(H,13,14). The van der Waals surface area contributed by atoms with Crippen LogP contribution in [0.2, 0.25) is 0 Å². The highest BCUT2D eigenvalue weighted by Crippen LogP contribution is 2.34. The van der Waals surface area contributed by atoms with Crippen molar-refractivity contribution in [3.63, 3.8) is 0 Å². The number of carbonyl (C=O) groups excluding carboxylic acids is 1. The second-order valence-corrected chi connectivity index (χ2v) is 4.75. The maximum Gasteiger partial charge on any atom is 0.255 e. The molecule has 0 atom stereocenters. The van der Waals surface area contributed by atoms with E-state index in [-0.39, 0.29) is 11.5 Å². The zero-order valence-electron chi connectivity index (χ0n) is 9.09. The molecule has 1 aromatic rings. The average molecular weight is 288 g/mol. The van der Waals surface area contributed by atoms with Crippen molar-refractivity contribution in [3.05, 3.63) is 22.6 Å². The number of nitrogens with one attached hydrogen (secondary N) is 1. The van der Waals surface area contributed by atoms with E-state index in [1.807, 2.05) is 0 Å². The third-order valence-corrected chi connectivity index (χ3v) is 3.75. The number of amides is 1. The fraction of sp³-hybridized carbons (Fsp3) is 0.545. The van der Waals surface area contributed by atoms with Crippen LogP contribution in [0.1, 0.15) is 29.6 Å². The Morgan fingerprint density at radius 1 is 1.69 bits per heavy atom. The maximum atomic E-state index is 11.8. The van der Waals surface area contributed by atoms with Gasteiger partial charge in [0, 0.05) is 13.7 Å². The molecule has 16 heavy (non-hydrogen) atoms. The van der Waals surface area contributed by atoms with Gasteiger partial charge in [-0.3, -0.25) is 4.79 Å². The molecule has 1 aliphatic rings. The quantitative estimate of drug-likeness (QED) is 0.925. The second kappa shape index (κ2) is 4.59. The Hall–Kier alpha value is -0.810. The van der Waals surface area contributed by atoms with Gasteiger partial charge in [0.15, 0.2) is 4.67 Å². The van der Waals surface area contributed by atoms with Gasteiger partial charge in [-0.1, -0.05) is 0 Å². The van der Waals surface area contributed by atoms with Gasteiger partial charge in [-0.15, -0.1) is 0 Å². The lowest BCUT2D eigenvalue weighted by Gasteiger charge is -2.40. The number of hydrogen-bond donors (Lipinski definition) is 1. The Morgan fingerprint density at radius 3 is 2.88 bits per heavy atom. The van der Waals surface area contributed by atoms with E-state index in [0.717, 1.165) is 12.8 Å². The minimum absolute atomic E-state index is 0.135. The molecule has 1 amide bonds. The van der Waals surface area contributed by atoms with E-state index in [9.17, 15) is 4.79 Å². The first-order valence-electron chi connectivity index (χ1n) is 5.23. The van der Waals surface area contributed by atoms with Crippen molar-refractivity contribution in [1.82, 2.24) is 5.32 Å². The first kappa shape index (κ1) is 11.7. The molecule has 1 saturated carbocycles. The Morgan fingerprint density at radius 2 is 2.44 bits per heavy atom. The number of rotatable bonds is 4. The van der Waals surface area contributed by atoms with Crippen LogP contribution in [-0.4, -0.2) is 25.2 Å². The molecule has 2 rings (SSSR count). The number of halogens is 1. The third kappa shape index (κ3) is 2.15.